The Morgan fingerprint density at radius 3 is 2.26 bits per heavy atom. The van der Waals surface area contributed by atoms with Crippen LogP contribution in [0.1, 0.15) is 77.3 Å². The van der Waals surface area contributed by atoms with E-state index in [0.717, 1.165) is 43.2 Å². The van der Waals surface area contributed by atoms with E-state index in [0.29, 0.717) is 23.8 Å². The molecule has 172 valence electrons. The first-order valence-corrected chi connectivity index (χ1v) is 13.3. The molecule has 0 aliphatic heterocycles. The molecule has 31 heavy (non-hydrogen) atoms. The molecule has 2 aromatic carbocycles. The number of rotatable bonds is 13. The molecule has 0 spiro atoms. The number of hydrogen-bond acceptors (Lipinski definition) is 4. The normalized spacial score (nSPS) is 12.0. The second-order valence-corrected chi connectivity index (χ2v) is 10.6. The largest absolute Gasteiger partial charge is 0.492 e. The molecule has 0 atom stereocenters. The van der Waals surface area contributed by atoms with Crippen LogP contribution in [0.15, 0.2) is 47.4 Å². The van der Waals surface area contributed by atoms with Crippen molar-refractivity contribution in [1.29, 1.82) is 0 Å². The second-order valence-electron chi connectivity index (χ2n) is 8.67. The first-order valence-electron chi connectivity index (χ1n) is 11.2. The summed E-state index contributed by atoms with van der Waals surface area (Å²) in [5, 5.41) is 0. The molecule has 1 N–H and O–H groups in total. The van der Waals surface area contributed by atoms with Gasteiger partial charge in [0.15, 0.2) is 0 Å². The van der Waals surface area contributed by atoms with Gasteiger partial charge in [0, 0.05) is 11.4 Å². The van der Waals surface area contributed by atoms with Gasteiger partial charge in [-0.05, 0) is 53.6 Å². The number of hydrogen-bond donors (Lipinski definition) is 2. The number of sulfonamides is 1. The van der Waals surface area contributed by atoms with Crippen LogP contribution in [0.5, 0.6) is 5.75 Å². The van der Waals surface area contributed by atoms with Crippen molar-refractivity contribution in [3.63, 3.8) is 0 Å². The lowest BCUT2D eigenvalue weighted by Crippen LogP contribution is -2.20. The second kappa shape index (κ2) is 11.8. The topological polar surface area (TPSA) is 55.4 Å². The lowest BCUT2D eigenvalue weighted by molar-refractivity contribution is 0.301. The number of anilines is 1. The van der Waals surface area contributed by atoms with Gasteiger partial charge in [0.05, 0.1) is 6.61 Å². The molecule has 0 unspecified atom stereocenters. The van der Waals surface area contributed by atoms with E-state index >= 15 is 0 Å². The van der Waals surface area contributed by atoms with Gasteiger partial charge in [0.25, 0.3) is 10.0 Å². The average molecular weight is 464 g/mol. The van der Waals surface area contributed by atoms with Crippen LogP contribution in [0.3, 0.4) is 0 Å². The maximum absolute atomic E-state index is 13.3. The minimum atomic E-state index is -3.80. The molecule has 0 radical (unpaired) electrons. The van der Waals surface area contributed by atoms with Crippen LogP contribution >= 0.6 is 12.6 Å². The molecule has 0 aliphatic rings. The molecular formula is C25H37NO3S2. The van der Waals surface area contributed by atoms with E-state index in [1.165, 1.54) is 6.42 Å². The third kappa shape index (κ3) is 7.46. The van der Waals surface area contributed by atoms with Gasteiger partial charge >= 0.3 is 0 Å². The van der Waals surface area contributed by atoms with Crippen molar-refractivity contribution >= 4 is 28.3 Å². The molecule has 0 fully saturated rings. The summed E-state index contributed by atoms with van der Waals surface area (Å²) >= 11 is 4.26. The predicted molar refractivity (Wildman–Crippen MR) is 134 cm³/mol. The number of ether oxygens (including phenoxy) is 1. The third-order valence-electron chi connectivity index (χ3n) is 5.56. The van der Waals surface area contributed by atoms with Crippen LogP contribution in [0, 0.1) is 0 Å². The maximum atomic E-state index is 13.3. The molecule has 4 nitrogen and oxygen atoms in total. The van der Waals surface area contributed by atoms with Crippen LogP contribution in [0.2, 0.25) is 0 Å². The molecule has 2 aromatic rings. The summed E-state index contributed by atoms with van der Waals surface area (Å²) in [5.74, 6) is 1.01. The molecule has 0 amide bonds. The van der Waals surface area contributed by atoms with Crippen molar-refractivity contribution in [3.8, 4) is 5.75 Å². The van der Waals surface area contributed by atoms with E-state index in [1.54, 1.807) is 18.2 Å². The summed E-state index contributed by atoms with van der Waals surface area (Å²) in [6, 6.07) is 12.9. The van der Waals surface area contributed by atoms with Crippen molar-refractivity contribution in [3.05, 3.63) is 53.6 Å². The maximum Gasteiger partial charge on any atom is 0.265 e. The summed E-state index contributed by atoms with van der Waals surface area (Å²) < 4.78 is 35.3. The van der Waals surface area contributed by atoms with Gasteiger partial charge in [0.1, 0.15) is 10.6 Å². The number of benzene rings is 2. The van der Waals surface area contributed by atoms with Gasteiger partial charge in [-0.3, -0.25) is 4.72 Å². The Labute approximate surface area is 194 Å². The van der Waals surface area contributed by atoms with Crippen LogP contribution in [-0.4, -0.2) is 15.0 Å². The molecule has 0 heterocycles. The highest BCUT2D eigenvalue weighted by Gasteiger charge is 2.26. The van der Waals surface area contributed by atoms with Gasteiger partial charge in [-0.15, -0.1) is 0 Å². The average Bonchev–Trinajstić information content (AvgIpc) is 2.74. The quantitative estimate of drug-likeness (QED) is 0.249. The van der Waals surface area contributed by atoms with E-state index in [9.17, 15) is 8.42 Å². The van der Waals surface area contributed by atoms with E-state index < -0.39 is 10.0 Å². The molecule has 0 aliphatic carbocycles. The monoisotopic (exact) mass is 463 g/mol. The van der Waals surface area contributed by atoms with Gasteiger partial charge < -0.3 is 4.74 Å². The minimum Gasteiger partial charge on any atom is -0.492 e. The fourth-order valence-electron chi connectivity index (χ4n) is 3.43. The van der Waals surface area contributed by atoms with E-state index in [1.807, 2.05) is 24.3 Å². The fourth-order valence-corrected chi connectivity index (χ4v) is 4.88. The zero-order valence-corrected chi connectivity index (χ0v) is 21.0. The molecule has 0 saturated carbocycles. The minimum absolute atomic E-state index is 0.115. The first kappa shape index (κ1) is 25.6. The fraction of sp³-hybridized carbons (Fsp3) is 0.520. The Balaban J connectivity index is 2.38. The summed E-state index contributed by atoms with van der Waals surface area (Å²) in [6.07, 6.45) is 6.33. The lowest BCUT2D eigenvalue weighted by Gasteiger charge is -2.26. The Hall–Kier alpha value is -1.66. The zero-order chi connectivity index (χ0) is 22.9. The summed E-state index contributed by atoms with van der Waals surface area (Å²) in [7, 11) is -3.80. The van der Waals surface area contributed by atoms with Gasteiger partial charge in [-0.2, -0.15) is 12.6 Å². The standard InChI is InChI=1S/C25H37NO3S2/c1-5-7-9-16-25(3,4)21-12-15-23(29-17-8-6-2)24(18-21)31(27,28)26-22-13-10-20(19-30)11-14-22/h10-15,18,26,30H,5-9,16-17,19H2,1-4H3. The highest BCUT2D eigenvalue weighted by molar-refractivity contribution is 7.92. The van der Waals surface area contributed by atoms with E-state index in [2.05, 4.69) is 45.0 Å². The Kier molecular flexibility index (Phi) is 9.76. The highest BCUT2D eigenvalue weighted by atomic mass is 32.2. The Morgan fingerprint density at radius 2 is 1.65 bits per heavy atom. The van der Waals surface area contributed by atoms with Crippen LogP contribution in [0.4, 0.5) is 5.69 Å². The van der Waals surface area contributed by atoms with Crippen LogP contribution in [0.25, 0.3) is 0 Å². The summed E-state index contributed by atoms with van der Waals surface area (Å²) in [6.45, 7) is 9.12. The van der Waals surface area contributed by atoms with Gasteiger partial charge in [-0.25, -0.2) is 8.42 Å². The predicted octanol–water partition coefficient (Wildman–Crippen LogP) is 6.95. The SMILES string of the molecule is CCCCCC(C)(C)c1ccc(OCCCC)c(S(=O)(=O)Nc2ccc(CS)cc2)c1. The molecule has 0 bridgehead atoms. The molecule has 0 aromatic heterocycles. The van der Waals surface area contributed by atoms with E-state index in [-0.39, 0.29) is 10.3 Å². The number of unbranched alkanes of at least 4 members (excludes halogenated alkanes) is 3. The number of nitrogens with one attached hydrogen (secondary N) is 1. The van der Waals surface area contributed by atoms with Crippen molar-refractivity contribution in [2.45, 2.75) is 82.3 Å². The first-order chi connectivity index (χ1) is 14.7. The Bertz CT molecular complexity index is 922. The molecule has 6 heteroatoms. The molecule has 0 saturated heterocycles. The summed E-state index contributed by atoms with van der Waals surface area (Å²) in [4.78, 5) is 0.197. The van der Waals surface area contributed by atoms with Gasteiger partial charge in [0.2, 0.25) is 0 Å². The van der Waals surface area contributed by atoms with Crippen LogP contribution < -0.4 is 9.46 Å². The Morgan fingerprint density at radius 1 is 0.968 bits per heavy atom. The smallest absolute Gasteiger partial charge is 0.265 e. The van der Waals surface area contributed by atoms with Crippen molar-refractivity contribution in [1.82, 2.24) is 0 Å². The van der Waals surface area contributed by atoms with Crippen molar-refractivity contribution in [2.75, 3.05) is 11.3 Å². The number of thiol groups is 1. The molecular weight excluding hydrogens is 426 g/mol. The highest BCUT2D eigenvalue weighted by Crippen LogP contribution is 2.35. The van der Waals surface area contributed by atoms with Crippen LogP contribution in [-0.2, 0) is 21.2 Å². The van der Waals surface area contributed by atoms with Crippen molar-refractivity contribution in [2.24, 2.45) is 0 Å². The summed E-state index contributed by atoms with van der Waals surface area (Å²) in [5.41, 5.74) is 2.45. The zero-order valence-electron chi connectivity index (χ0n) is 19.3. The van der Waals surface area contributed by atoms with E-state index in [4.69, 9.17) is 4.74 Å². The van der Waals surface area contributed by atoms with Gasteiger partial charge in [-0.1, -0.05) is 71.6 Å². The van der Waals surface area contributed by atoms with Crippen molar-refractivity contribution < 1.29 is 13.2 Å². The third-order valence-corrected chi connectivity index (χ3v) is 7.33. The lowest BCUT2D eigenvalue weighted by atomic mass is 9.80. The molecule has 2 rings (SSSR count).